The number of rotatable bonds is 6. The van der Waals surface area contributed by atoms with Crippen molar-refractivity contribution in [3.63, 3.8) is 0 Å². The van der Waals surface area contributed by atoms with E-state index >= 15 is 0 Å². The Hall–Kier alpha value is -1.55. The van der Waals surface area contributed by atoms with Crippen molar-refractivity contribution in [2.75, 3.05) is 20.3 Å². The molecule has 18 heavy (non-hydrogen) atoms. The Morgan fingerprint density at radius 2 is 2.17 bits per heavy atom. The van der Waals surface area contributed by atoms with Crippen LogP contribution in [-0.4, -0.2) is 31.3 Å². The molecule has 0 saturated heterocycles. The van der Waals surface area contributed by atoms with E-state index < -0.39 is 0 Å². The molecule has 1 rings (SSSR count). The average Bonchev–Trinajstić information content (AvgIpc) is 2.36. The van der Waals surface area contributed by atoms with Gasteiger partial charge in [0.1, 0.15) is 5.75 Å². The zero-order valence-corrected chi connectivity index (χ0v) is 11.2. The summed E-state index contributed by atoms with van der Waals surface area (Å²) >= 11 is 0. The Bertz CT molecular complexity index is 402. The summed E-state index contributed by atoms with van der Waals surface area (Å²) in [6, 6.07) is 5.79. The van der Waals surface area contributed by atoms with E-state index in [1.54, 1.807) is 7.11 Å². The number of amides is 1. The Morgan fingerprint density at radius 3 is 2.72 bits per heavy atom. The second-order valence-electron chi connectivity index (χ2n) is 4.48. The number of aliphatic hydroxyl groups excluding tert-OH is 1. The van der Waals surface area contributed by atoms with E-state index in [1.165, 1.54) is 0 Å². The first-order valence-corrected chi connectivity index (χ1v) is 6.12. The van der Waals surface area contributed by atoms with Gasteiger partial charge in [0.05, 0.1) is 20.1 Å². The second-order valence-corrected chi connectivity index (χ2v) is 4.48. The van der Waals surface area contributed by atoms with Crippen LogP contribution < -0.4 is 10.1 Å². The molecule has 0 radical (unpaired) electrons. The van der Waals surface area contributed by atoms with Gasteiger partial charge in [0.25, 0.3) is 0 Å². The van der Waals surface area contributed by atoms with Crippen molar-refractivity contribution in [3.05, 3.63) is 29.3 Å². The molecule has 0 aliphatic carbocycles. The molecule has 1 amide bonds. The fraction of sp³-hybridized carbons (Fsp3) is 0.500. The molecule has 0 atom stereocenters. The molecular weight excluding hydrogens is 230 g/mol. The molecule has 100 valence electrons. The molecule has 0 aliphatic heterocycles. The SMILES string of the molecule is COc1ccc(CC(=O)NCCO)cc1C(C)C. The van der Waals surface area contributed by atoms with Crippen LogP contribution in [0.1, 0.15) is 30.9 Å². The van der Waals surface area contributed by atoms with Crippen LogP contribution in [0.3, 0.4) is 0 Å². The van der Waals surface area contributed by atoms with Crippen molar-refractivity contribution >= 4 is 5.91 Å². The maximum absolute atomic E-state index is 11.6. The quantitative estimate of drug-likeness (QED) is 0.805. The minimum absolute atomic E-state index is 0.0361. The first-order valence-electron chi connectivity index (χ1n) is 6.12. The number of aliphatic hydroxyl groups is 1. The number of benzene rings is 1. The molecule has 2 N–H and O–H groups in total. The van der Waals surface area contributed by atoms with Gasteiger partial charge in [-0.15, -0.1) is 0 Å². The summed E-state index contributed by atoms with van der Waals surface area (Å²) in [4.78, 5) is 11.6. The zero-order valence-electron chi connectivity index (χ0n) is 11.2. The predicted molar refractivity (Wildman–Crippen MR) is 70.9 cm³/mol. The van der Waals surface area contributed by atoms with Gasteiger partial charge >= 0.3 is 0 Å². The minimum Gasteiger partial charge on any atom is -0.496 e. The summed E-state index contributed by atoms with van der Waals surface area (Å²) in [6.07, 6.45) is 0.323. The van der Waals surface area contributed by atoms with Gasteiger partial charge in [0, 0.05) is 6.54 Å². The number of methoxy groups -OCH3 is 1. The molecule has 0 fully saturated rings. The molecule has 0 spiro atoms. The third-order valence-corrected chi connectivity index (χ3v) is 2.71. The van der Waals surface area contributed by atoms with E-state index in [2.05, 4.69) is 19.2 Å². The molecule has 0 heterocycles. The van der Waals surface area contributed by atoms with Gasteiger partial charge in [0.15, 0.2) is 0 Å². The molecule has 0 bridgehead atoms. The van der Waals surface area contributed by atoms with Gasteiger partial charge in [0.2, 0.25) is 5.91 Å². The summed E-state index contributed by atoms with van der Waals surface area (Å²) in [5, 5.41) is 11.3. The Balaban J connectivity index is 2.78. The van der Waals surface area contributed by atoms with E-state index in [-0.39, 0.29) is 12.5 Å². The predicted octanol–water partition coefficient (Wildman–Crippen LogP) is 1.47. The van der Waals surface area contributed by atoms with E-state index in [0.717, 1.165) is 16.9 Å². The van der Waals surface area contributed by atoms with Gasteiger partial charge < -0.3 is 15.2 Å². The summed E-state index contributed by atoms with van der Waals surface area (Å²) in [5.41, 5.74) is 2.06. The summed E-state index contributed by atoms with van der Waals surface area (Å²) in [6.45, 7) is 4.44. The first-order chi connectivity index (χ1) is 8.58. The number of hydrogen-bond acceptors (Lipinski definition) is 3. The normalized spacial score (nSPS) is 10.5. The molecule has 0 aromatic heterocycles. The Labute approximate surface area is 108 Å². The van der Waals surface area contributed by atoms with Crippen molar-refractivity contribution < 1.29 is 14.6 Å². The van der Waals surface area contributed by atoms with Crippen molar-refractivity contribution in [1.29, 1.82) is 0 Å². The van der Waals surface area contributed by atoms with Gasteiger partial charge in [-0.2, -0.15) is 0 Å². The number of carbonyl (C=O) groups is 1. The highest BCUT2D eigenvalue weighted by molar-refractivity contribution is 5.78. The lowest BCUT2D eigenvalue weighted by Crippen LogP contribution is -2.27. The molecule has 0 aliphatic rings. The summed E-state index contributed by atoms with van der Waals surface area (Å²) in [5.74, 6) is 1.12. The number of carbonyl (C=O) groups excluding carboxylic acids is 1. The van der Waals surface area contributed by atoms with Crippen LogP contribution >= 0.6 is 0 Å². The molecule has 4 heteroatoms. The number of hydrogen-bond donors (Lipinski definition) is 2. The molecule has 0 saturated carbocycles. The van der Waals surface area contributed by atoms with Crippen LogP contribution in [0.4, 0.5) is 0 Å². The largest absolute Gasteiger partial charge is 0.496 e. The van der Waals surface area contributed by atoms with Crippen molar-refractivity contribution in [3.8, 4) is 5.75 Å². The molecule has 0 unspecified atom stereocenters. The Kier molecular flexibility index (Phi) is 5.65. The van der Waals surface area contributed by atoms with Gasteiger partial charge in [-0.05, 0) is 23.1 Å². The van der Waals surface area contributed by atoms with Crippen LogP contribution in [0, 0.1) is 0 Å². The lowest BCUT2D eigenvalue weighted by molar-refractivity contribution is -0.120. The van der Waals surface area contributed by atoms with Crippen LogP contribution in [0.15, 0.2) is 18.2 Å². The number of ether oxygens (including phenoxy) is 1. The van der Waals surface area contributed by atoms with Crippen LogP contribution in [0.5, 0.6) is 5.75 Å². The fourth-order valence-electron chi connectivity index (χ4n) is 1.79. The fourth-order valence-corrected chi connectivity index (χ4v) is 1.79. The summed E-state index contributed by atoms with van der Waals surface area (Å²) in [7, 11) is 1.65. The van der Waals surface area contributed by atoms with Crippen molar-refractivity contribution in [1.82, 2.24) is 5.32 Å². The molecule has 1 aromatic rings. The van der Waals surface area contributed by atoms with E-state index in [1.807, 2.05) is 18.2 Å². The van der Waals surface area contributed by atoms with E-state index in [9.17, 15) is 4.79 Å². The molecule has 4 nitrogen and oxygen atoms in total. The van der Waals surface area contributed by atoms with Crippen LogP contribution in [0.25, 0.3) is 0 Å². The topological polar surface area (TPSA) is 58.6 Å². The van der Waals surface area contributed by atoms with Crippen molar-refractivity contribution in [2.24, 2.45) is 0 Å². The molecule has 1 aromatic carbocycles. The van der Waals surface area contributed by atoms with Gasteiger partial charge in [-0.3, -0.25) is 4.79 Å². The zero-order chi connectivity index (χ0) is 13.5. The highest BCUT2D eigenvalue weighted by Crippen LogP contribution is 2.27. The van der Waals surface area contributed by atoms with Crippen molar-refractivity contribution in [2.45, 2.75) is 26.2 Å². The highest BCUT2D eigenvalue weighted by atomic mass is 16.5. The van der Waals surface area contributed by atoms with E-state index in [0.29, 0.717) is 18.9 Å². The lowest BCUT2D eigenvalue weighted by atomic mass is 9.98. The van der Waals surface area contributed by atoms with E-state index in [4.69, 9.17) is 9.84 Å². The van der Waals surface area contributed by atoms with Crippen LogP contribution in [-0.2, 0) is 11.2 Å². The monoisotopic (exact) mass is 251 g/mol. The molecular formula is C14H21NO3. The average molecular weight is 251 g/mol. The van der Waals surface area contributed by atoms with Gasteiger partial charge in [-0.25, -0.2) is 0 Å². The maximum atomic E-state index is 11.6. The standard InChI is InChI=1S/C14H21NO3/c1-10(2)12-8-11(4-5-13(12)18-3)9-14(17)15-6-7-16/h4-5,8,10,16H,6-7,9H2,1-3H3,(H,15,17). The maximum Gasteiger partial charge on any atom is 0.224 e. The highest BCUT2D eigenvalue weighted by Gasteiger charge is 2.10. The summed E-state index contributed by atoms with van der Waals surface area (Å²) < 4.78 is 5.30. The van der Waals surface area contributed by atoms with Crippen LogP contribution in [0.2, 0.25) is 0 Å². The number of nitrogens with one attached hydrogen (secondary N) is 1. The third kappa shape index (κ3) is 4.04. The van der Waals surface area contributed by atoms with Gasteiger partial charge in [-0.1, -0.05) is 26.0 Å². The smallest absolute Gasteiger partial charge is 0.224 e. The third-order valence-electron chi connectivity index (χ3n) is 2.71. The first kappa shape index (κ1) is 14.5. The lowest BCUT2D eigenvalue weighted by Gasteiger charge is -2.13. The second kappa shape index (κ2) is 7.01. The Morgan fingerprint density at radius 1 is 1.44 bits per heavy atom. The minimum atomic E-state index is -0.0797.